The monoisotopic (exact) mass is 421 g/mol. The van der Waals surface area contributed by atoms with Gasteiger partial charge in [-0.05, 0) is 24.1 Å². The molecule has 1 aromatic heterocycles. The predicted molar refractivity (Wildman–Crippen MR) is 85.1 cm³/mol. The van der Waals surface area contributed by atoms with Crippen LogP contribution in [0.4, 0.5) is 18.3 Å². The fourth-order valence-corrected chi connectivity index (χ4v) is 3.10. The van der Waals surface area contributed by atoms with Crippen molar-refractivity contribution in [2.45, 2.75) is 24.7 Å². The molecular weight excluding hydrogens is 411 g/mol. The van der Waals surface area contributed by atoms with Gasteiger partial charge in [-0.25, -0.2) is 10.9 Å². The Hall–Kier alpha value is -1.56. The molecule has 0 spiro atoms. The second kappa shape index (κ2) is 6.75. The van der Waals surface area contributed by atoms with Crippen molar-refractivity contribution in [1.29, 1.82) is 0 Å². The molecule has 3 N–H and O–H groups in total. The van der Waals surface area contributed by atoms with Crippen molar-refractivity contribution < 1.29 is 18.0 Å². The summed E-state index contributed by atoms with van der Waals surface area (Å²) in [5, 5.41) is 7.45. The molecule has 1 saturated heterocycles. The topological polar surface area (TPSA) is 78.9 Å². The van der Waals surface area contributed by atoms with Crippen LogP contribution in [0.25, 0.3) is 0 Å². The number of nitrogens with one attached hydrogen (secondary N) is 3. The Bertz CT molecular complexity index is 736. The summed E-state index contributed by atoms with van der Waals surface area (Å²) in [7, 11) is 0. The third-order valence-electron chi connectivity index (χ3n) is 3.39. The normalized spacial score (nSPS) is 21.0. The summed E-state index contributed by atoms with van der Waals surface area (Å²) in [6, 6.07) is 6.97. The van der Waals surface area contributed by atoms with E-state index >= 15 is 0 Å². The van der Waals surface area contributed by atoms with Crippen LogP contribution < -0.4 is 16.2 Å². The number of hydrazine groups is 1. The summed E-state index contributed by atoms with van der Waals surface area (Å²) in [6.45, 7) is 0. The Labute approximate surface area is 147 Å². The Balaban J connectivity index is 1.60. The van der Waals surface area contributed by atoms with Crippen molar-refractivity contribution >= 4 is 38.3 Å². The van der Waals surface area contributed by atoms with E-state index in [1.807, 2.05) is 24.3 Å². The van der Waals surface area contributed by atoms with Gasteiger partial charge in [-0.2, -0.15) is 13.2 Å². The number of hydrogen-bond acceptors (Lipinski definition) is 6. The predicted octanol–water partition coefficient (Wildman–Crippen LogP) is 2.87. The first kappa shape index (κ1) is 17.3. The highest BCUT2D eigenvalue weighted by Crippen LogP contribution is 2.33. The first-order chi connectivity index (χ1) is 11.3. The van der Waals surface area contributed by atoms with Crippen LogP contribution in [0.5, 0.6) is 0 Å². The maximum Gasteiger partial charge on any atom is 0.445 e. The lowest BCUT2D eigenvalue weighted by Crippen LogP contribution is -2.39. The third kappa shape index (κ3) is 3.91. The van der Waals surface area contributed by atoms with Crippen LogP contribution in [-0.4, -0.2) is 22.1 Å². The number of aromatic nitrogens is 2. The van der Waals surface area contributed by atoms with Gasteiger partial charge in [0.25, 0.3) is 0 Å². The number of hydrogen-bond donors (Lipinski definition) is 3. The van der Waals surface area contributed by atoms with Gasteiger partial charge in [-0.1, -0.05) is 39.4 Å². The molecule has 0 radical (unpaired) electrons. The highest BCUT2D eigenvalue weighted by atomic mass is 79.9. The molecule has 11 heteroatoms. The first-order valence-corrected chi connectivity index (χ1v) is 8.42. The molecule has 3 rings (SSSR count). The van der Waals surface area contributed by atoms with Gasteiger partial charge in [0.15, 0.2) is 0 Å². The quantitative estimate of drug-likeness (QED) is 0.709. The molecule has 2 atom stereocenters. The van der Waals surface area contributed by atoms with E-state index in [0.29, 0.717) is 17.8 Å². The van der Waals surface area contributed by atoms with Crippen molar-refractivity contribution in [2.75, 3.05) is 5.32 Å². The third-order valence-corrected chi connectivity index (χ3v) is 4.80. The number of alkyl halides is 3. The number of amides is 1. The molecule has 1 aromatic carbocycles. The lowest BCUT2D eigenvalue weighted by Gasteiger charge is -2.09. The van der Waals surface area contributed by atoms with Gasteiger partial charge in [-0.15, -0.1) is 10.2 Å². The van der Waals surface area contributed by atoms with Crippen LogP contribution in [0, 0.1) is 0 Å². The van der Waals surface area contributed by atoms with Gasteiger partial charge in [0.05, 0.1) is 0 Å². The molecule has 6 nitrogen and oxygen atoms in total. The molecule has 128 valence electrons. The fraction of sp³-hybridized carbons (Fsp3) is 0.308. The molecule has 1 aliphatic heterocycles. The molecule has 2 heterocycles. The summed E-state index contributed by atoms with van der Waals surface area (Å²) in [6.07, 6.45) is -4.11. The minimum atomic E-state index is -4.57. The smallest absolute Gasteiger partial charge is 0.299 e. The van der Waals surface area contributed by atoms with Gasteiger partial charge in [0.1, 0.15) is 6.04 Å². The van der Waals surface area contributed by atoms with Crippen molar-refractivity contribution in [3.63, 3.8) is 0 Å². The second-order valence-corrected chi connectivity index (χ2v) is 6.97. The van der Waals surface area contributed by atoms with E-state index in [1.165, 1.54) is 0 Å². The zero-order valence-electron chi connectivity index (χ0n) is 11.9. The Morgan fingerprint density at radius 3 is 2.58 bits per heavy atom. The number of halogens is 4. The van der Waals surface area contributed by atoms with Crippen molar-refractivity contribution in [1.82, 2.24) is 21.0 Å². The van der Waals surface area contributed by atoms with Crippen molar-refractivity contribution in [2.24, 2.45) is 0 Å². The van der Waals surface area contributed by atoms with Crippen LogP contribution in [-0.2, 0) is 11.0 Å². The number of rotatable bonds is 3. The Morgan fingerprint density at radius 2 is 1.96 bits per heavy atom. The molecule has 1 amide bonds. The molecule has 0 saturated carbocycles. The van der Waals surface area contributed by atoms with E-state index in [0.717, 1.165) is 10.0 Å². The average Bonchev–Trinajstić information content (AvgIpc) is 3.16. The van der Waals surface area contributed by atoms with Crippen LogP contribution in [0.1, 0.15) is 23.0 Å². The number of benzene rings is 1. The maximum absolute atomic E-state index is 12.5. The van der Waals surface area contributed by atoms with Crippen LogP contribution >= 0.6 is 27.3 Å². The SMILES string of the molecule is O=C(Nc1nnc(C(F)(F)F)s1)C1CC(c2ccc(Br)cc2)NN1. The highest BCUT2D eigenvalue weighted by molar-refractivity contribution is 9.10. The van der Waals surface area contributed by atoms with Gasteiger partial charge < -0.3 is 0 Å². The van der Waals surface area contributed by atoms with Crippen LogP contribution in [0.15, 0.2) is 28.7 Å². The standard InChI is InChI=1S/C13H11BrF3N5OS/c14-7-3-1-6(2-4-7)8-5-9(20-19-8)10(23)18-12-22-21-11(24-12)13(15,16)17/h1-4,8-9,19-20H,5H2,(H,18,22,23). The summed E-state index contributed by atoms with van der Waals surface area (Å²) in [5.74, 6) is -0.466. The fourth-order valence-electron chi connectivity index (χ4n) is 2.22. The molecule has 1 aliphatic rings. The van der Waals surface area contributed by atoms with E-state index in [-0.39, 0.29) is 11.2 Å². The number of nitrogens with zero attached hydrogens (tertiary/aromatic N) is 2. The lowest BCUT2D eigenvalue weighted by atomic mass is 10.0. The molecule has 0 bridgehead atoms. The molecular formula is C13H11BrF3N5OS. The van der Waals surface area contributed by atoms with Crippen molar-refractivity contribution in [3.05, 3.63) is 39.3 Å². The van der Waals surface area contributed by atoms with E-state index in [1.54, 1.807) is 0 Å². The first-order valence-electron chi connectivity index (χ1n) is 6.81. The molecule has 24 heavy (non-hydrogen) atoms. The summed E-state index contributed by atoms with van der Waals surface area (Å²) in [4.78, 5) is 12.1. The number of carbonyl (C=O) groups is 1. The van der Waals surface area contributed by atoms with E-state index in [2.05, 4.69) is 42.3 Å². The maximum atomic E-state index is 12.5. The molecule has 2 aromatic rings. The Kier molecular flexibility index (Phi) is 4.85. The number of anilines is 1. The Morgan fingerprint density at radius 1 is 1.25 bits per heavy atom. The van der Waals surface area contributed by atoms with E-state index in [4.69, 9.17) is 0 Å². The number of carbonyl (C=O) groups excluding carboxylic acids is 1. The molecule has 1 fully saturated rings. The largest absolute Gasteiger partial charge is 0.445 e. The van der Waals surface area contributed by atoms with Gasteiger partial charge in [-0.3, -0.25) is 10.1 Å². The zero-order chi connectivity index (χ0) is 17.3. The summed E-state index contributed by atoms with van der Waals surface area (Å²) in [5.41, 5.74) is 6.83. The van der Waals surface area contributed by atoms with Crippen LogP contribution in [0.3, 0.4) is 0 Å². The highest BCUT2D eigenvalue weighted by Gasteiger charge is 2.36. The summed E-state index contributed by atoms with van der Waals surface area (Å²) >= 11 is 3.64. The van der Waals surface area contributed by atoms with E-state index in [9.17, 15) is 18.0 Å². The van der Waals surface area contributed by atoms with Gasteiger partial charge in [0.2, 0.25) is 16.0 Å². The van der Waals surface area contributed by atoms with Crippen molar-refractivity contribution in [3.8, 4) is 0 Å². The zero-order valence-corrected chi connectivity index (χ0v) is 14.3. The van der Waals surface area contributed by atoms with Gasteiger partial charge in [0, 0.05) is 10.5 Å². The van der Waals surface area contributed by atoms with Gasteiger partial charge >= 0.3 is 6.18 Å². The average molecular weight is 422 g/mol. The molecule has 2 unspecified atom stereocenters. The van der Waals surface area contributed by atoms with Crippen LogP contribution in [0.2, 0.25) is 0 Å². The second-order valence-electron chi connectivity index (χ2n) is 5.08. The lowest BCUT2D eigenvalue weighted by molar-refractivity contribution is -0.138. The summed E-state index contributed by atoms with van der Waals surface area (Å²) < 4.78 is 38.4. The molecule has 0 aliphatic carbocycles. The van der Waals surface area contributed by atoms with E-state index < -0.39 is 23.1 Å². The minimum Gasteiger partial charge on any atom is -0.299 e. The minimum absolute atomic E-state index is 0.0750.